The van der Waals surface area contributed by atoms with Crippen molar-refractivity contribution in [3.63, 3.8) is 0 Å². The van der Waals surface area contributed by atoms with Gasteiger partial charge in [-0.05, 0) is 86.8 Å². The largest absolute Gasteiger partial charge is 0.494 e. The lowest BCUT2D eigenvalue weighted by atomic mass is 9.93. The molecule has 208 valence electrons. The fourth-order valence-corrected chi connectivity index (χ4v) is 5.77. The van der Waals surface area contributed by atoms with E-state index in [0.29, 0.717) is 12.4 Å². The topological polar surface area (TPSA) is 67.0 Å². The van der Waals surface area contributed by atoms with Crippen molar-refractivity contribution in [3.05, 3.63) is 125 Å². The van der Waals surface area contributed by atoms with Crippen LogP contribution in [-0.4, -0.2) is 28.1 Å². The highest BCUT2D eigenvalue weighted by Crippen LogP contribution is 2.48. The minimum atomic E-state index is -0.187. The van der Waals surface area contributed by atoms with E-state index in [1.807, 2.05) is 48.0 Å². The molecular weight excluding hydrogens is 520 g/mol. The first kappa shape index (κ1) is 25.8. The van der Waals surface area contributed by atoms with Gasteiger partial charge in [0.2, 0.25) is 0 Å². The Labute approximate surface area is 245 Å². The number of para-hydroxylation sites is 3. The van der Waals surface area contributed by atoms with Crippen LogP contribution in [-0.2, 0) is 0 Å². The molecule has 0 bridgehead atoms. The first-order valence-corrected chi connectivity index (χ1v) is 14.3. The van der Waals surface area contributed by atoms with Gasteiger partial charge in [0.1, 0.15) is 5.75 Å². The van der Waals surface area contributed by atoms with Gasteiger partial charge in [-0.15, -0.1) is 0 Å². The average Bonchev–Trinajstić information content (AvgIpc) is 3.35. The Bertz CT molecular complexity index is 1850. The van der Waals surface area contributed by atoms with Crippen LogP contribution in [0.3, 0.4) is 0 Å². The Morgan fingerprint density at radius 3 is 2.38 bits per heavy atom. The second-order valence-corrected chi connectivity index (χ2v) is 10.7. The van der Waals surface area contributed by atoms with E-state index < -0.39 is 0 Å². The SMILES string of the molecule is CCOc1ccc([C@H]2c3c(C)nn(-c4ccccc4)c3N=C3C(Nc4cc(C)ccc4C)=Nc4ccccc4N32)cc1. The minimum Gasteiger partial charge on any atom is -0.494 e. The zero-order valence-corrected chi connectivity index (χ0v) is 24.2. The molecule has 1 atom stereocenters. The van der Waals surface area contributed by atoms with Crippen molar-refractivity contribution in [1.29, 1.82) is 0 Å². The molecule has 0 spiro atoms. The third kappa shape index (κ3) is 4.34. The number of nitrogens with zero attached hydrogens (tertiary/aromatic N) is 5. The van der Waals surface area contributed by atoms with E-state index in [1.165, 1.54) is 5.56 Å². The van der Waals surface area contributed by atoms with Crippen molar-refractivity contribution >= 4 is 34.6 Å². The summed E-state index contributed by atoms with van der Waals surface area (Å²) in [7, 11) is 0. The van der Waals surface area contributed by atoms with Gasteiger partial charge in [-0.25, -0.2) is 14.7 Å². The van der Waals surface area contributed by atoms with Gasteiger partial charge in [0.15, 0.2) is 17.5 Å². The molecule has 42 heavy (non-hydrogen) atoms. The lowest BCUT2D eigenvalue weighted by molar-refractivity contribution is 0.340. The first-order valence-electron chi connectivity index (χ1n) is 14.3. The molecule has 0 fully saturated rings. The third-order valence-electron chi connectivity index (χ3n) is 7.79. The molecular formula is C35H32N6O. The molecule has 0 unspecified atom stereocenters. The van der Waals surface area contributed by atoms with Gasteiger partial charge in [0, 0.05) is 11.3 Å². The van der Waals surface area contributed by atoms with Crippen LogP contribution in [0.15, 0.2) is 107 Å². The highest BCUT2D eigenvalue weighted by atomic mass is 16.5. The Hall–Kier alpha value is -5.17. The molecule has 7 rings (SSSR count). The number of hydrogen-bond donors (Lipinski definition) is 1. The summed E-state index contributed by atoms with van der Waals surface area (Å²) in [5.41, 5.74) is 9.28. The lowest BCUT2D eigenvalue weighted by Crippen LogP contribution is -2.46. The zero-order chi connectivity index (χ0) is 28.8. The van der Waals surface area contributed by atoms with Gasteiger partial charge in [-0.3, -0.25) is 0 Å². The first-order chi connectivity index (χ1) is 20.5. The maximum absolute atomic E-state index is 5.79. The Morgan fingerprint density at radius 1 is 0.833 bits per heavy atom. The maximum atomic E-state index is 5.79. The van der Waals surface area contributed by atoms with Gasteiger partial charge >= 0.3 is 0 Å². The number of anilines is 2. The molecule has 0 radical (unpaired) electrons. The monoisotopic (exact) mass is 552 g/mol. The molecule has 0 amide bonds. The number of aryl methyl sites for hydroxylation is 3. The smallest absolute Gasteiger partial charge is 0.179 e. The summed E-state index contributed by atoms with van der Waals surface area (Å²) in [5.74, 6) is 3.10. The van der Waals surface area contributed by atoms with Crippen LogP contribution in [0.2, 0.25) is 0 Å². The molecule has 5 aromatic rings. The maximum Gasteiger partial charge on any atom is 0.179 e. The van der Waals surface area contributed by atoms with Crippen LogP contribution in [0, 0.1) is 20.8 Å². The number of hydrogen-bond acceptors (Lipinski definition) is 6. The van der Waals surface area contributed by atoms with Gasteiger partial charge in [0.25, 0.3) is 0 Å². The molecule has 7 nitrogen and oxygen atoms in total. The molecule has 4 aromatic carbocycles. The number of aliphatic imine (C=N–C) groups is 2. The number of aromatic nitrogens is 2. The Balaban J connectivity index is 1.48. The zero-order valence-electron chi connectivity index (χ0n) is 24.2. The van der Waals surface area contributed by atoms with E-state index in [1.54, 1.807) is 0 Å². The highest BCUT2D eigenvalue weighted by molar-refractivity contribution is 6.51. The lowest BCUT2D eigenvalue weighted by Gasteiger charge is -2.40. The van der Waals surface area contributed by atoms with Crippen LogP contribution in [0.4, 0.5) is 22.9 Å². The summed E-state index contributed by atoms with van der Waals surface area (Å²) in [6.07, 6.45) is 0. The number of rotatable bonds is 5. The number of fused-ring (bicyclic) bond motifs is 4. The molecule has 1 aromatic heterocycles. The predicted molar refractivity (Wildman–Crippen MR) is 170 cm³/mol. The summed E-state index contributed by atoms with van der Waals surface area (Å²) < 4.78 is 7.74. The molecule has 3 heterocycles. The number of amidine groups is 2. The molecule has 2 aliphatic heterocycles. The number of nitrogens with one attached hydrogen (secondary N) is 1. The van der Waals surface area contributed by atoms with Crippen molar-refractivity contribution in [2.24, 2.45) is 9.98 Å². The molecule has 2 aliphatic rings. The summed E-state index contributed by atoms with van der Waals surface area (Å²) >= 11 is 0. The molecule has 0 saturated carbocycles. The normalized spacial score (nSPS) is 15.2. The fourth-order valence-electron chi connectivity index (χ4n) is 5.77. The highest BCUT2D eigenvalue weighted by Gasteiger charge is 2.41. The van der Waals surface area contributed by atoms with Crippen molar-refractivity contribution < 1.29 is 4.74 Å². The molecule has 1 N–H and O–H groups in total. The molecule has 0 aliphatic carbocycles. The van der Waals surface area contributed by atoms with E-state index in [0.717, 1.165) is 62.5 Å². The summed E-state index contributed by atoms with van der Waals surface area (Å²) in [4.78, 5) is 12.8. The van der Waals surface area contributed by atoms with Gasteiger partial charge < -0.3 is 15.0 Å². The van der Waals surface area contributed by atoms with E-state index in [-0.39, 0.29) is 6.04 Å². The second kappa shape index (κ2) is 10.3. The van der Waals surface area contributed by atoms with E-state index in [2.05, 4.69) is 91.7 Å². The van der Waals surface area contributed by atoms with Crippen molar-refractivity contribution in [1.82, 2.24) is 9.78 Å². The molecule has 0 saturated heterocycles. The van der Waals surface area contributed by atoms with Gasteiger partial charge in [0.05, 0.1) is 35.4 Å². The van der Waals surface area contributed by atoms with Crippen LogP contribution in [0.5, 0.6) is 5.75 Å². The van der Waals surface area contributed by atoms with Crippen LogP contribution in [0.25, 0.3) is 5.69 Å². The summed E-state index contributed by atoms with van der Waals surface area (Å²) in [5, 5.41) is 8.68. The minimum absolute atomic E-state index is 0.187. The van der Waals surface area contributed by atoms with Crippen molar-refractivity contribution in [3.8, 4) is 11.4 Å². The van der Waals surface area contributed by atoms with E-state index in [4.69, 9.17) is 19.8 Å². The summed E-state index contributed by atoms with van der Waals surface area (Å²) in [6.45, 7) is 8.89. The van der Waals surface area contributed by atoms with E-state index in [9.17, 15) is 0 Å². The summed E-state index contributed by atoms with van der Waals surface area (Å²) in [6, 6.07) is 33.0. The second-order valence-electron chi connectivity index (χ2n) is 10.7. The Morgan fingerprint density at radius 2 is 1.60 bits per heavy atom. The van der Waals surface area contributed by atoms with Crippen LogP contribution in [0.1, 0.15) is 40.9 Å². The average molecular weight is 553 g/mol. The Kier molecular flexibility index (Phi) is 6.35. The standard InChI is InChI=1S/C35H32N6O/c1-5-42-27-19-17-25(18-20-27)32-31-24(4)39-41(26-11-7-6-8-12-26)34(31)38-35-33(37-29-21-22(2)15-16-23(29)3)36-28-13-9-10-14-30(28)40(32)35/h6-21,32H,5H2,1-4H3,(H,36,37)/t32-/m0/s1. The number of benzene rings is 4. The predicted octanol–water partition coefficient (Wildman–Crippen LogP) is 7.99. The quantitative estimate of drug-likeness (QED) is 0.240. The van der Waals surface area contributed by atoms with Crippen molar-refractivity contribution in [2.75, 3.05) is 16.8 Å². The van der Waals surface area contributed by atoms with Crippen LogP contribution < -0.4 is 15.0 Å². The molecule has 7 heteroatoms. The number of ether oxygens (including phenoxy) is 1. The fraction of sp³-hybridized carbons (Fsp3) is 0.171. The third-order valence-corrected chi connectivity index (χ3v) is 7.79. The van der Waals surface area contributed by atoms with Gasteiger partial charge in [-0.1, -0.05) is 54.6 Å². The van der Waals surface area contributed by atoms with Gasteiger partial charge in [-0.2, -0.15) is 5.10 Å². The van der Waals surface area contributed by atoms with Crippen LogP contribution >= 0.6 is 0 Å². The van der Waals surface area contributed by atoms with Crippen molar-refractivity contribution in [2.45, 2.75) is 33.7 Å². The van der Waals surface area contributed by atoms with E-state index >= 15 is 0 Å².